The summed E-state index contributed by atoms with van der Waals surface area (Å²) < 4.78 is 9.94. The molecule has 3 amide bonds. The van der Waals surface area contributed by atoms with Gasteiger partial charge < -0.3 is 14.8 Å². The second-order valence-corrected chi connectivity index (χ2v) is 6.57. The number of rotatable bonds is 6. The number of amides is 3. The van der Waals surface area contributed by atoms with Gasteiger partial charge in [-0.25, -0.2) is 14.6 Å². The largest absolute Gasteiger partial charge is 0.497 e. The van der Waals surface area contributed by atoms with Crippen molar-refractivity contribution in [2.45, 2.75) is 0 Å². The van der Waals surface area contributed by atoms with Crippen molar-refractivity contribution < 1.29 is 23.9 Å². The first-order valence-electron chi connectivity index (χ1n) is 8.48. The van der Waals surface area contributed by atoms with Gasteiger partial charge in [-0.05, 0) is 24.3 Å². The number of hydrogen-bond donors (Lipinski definition) is 2. The van der Waals surface area contributed by atoms with Crippen LogP contribution in [-0.4, -0.2) is 36.6 Å². The van der Waals surface area contributed by atoms with E-state index in [0.29, 0.717) is 16.4 Å². The molecule has 1 aromatic heterocycles. The van der Waals surface area contributed by atoms with Crippen molar-refractivity contribution >= 4 is 34.9 Å². The lowest BCUT2D eigenvalue weighted by atomic mass is 10.2. The summed E-state index contributed by atoms with van der Waals surface area (Å²) in [6.45, 7) is -0.604. The van der Waals surface area contributed by atoms with Crippen LogP contribution in [0.3, 0.4) is 0 Å². The minimum Gasteiger partial charge on any atom is -0.497 e. The molecule has 0 fully saturated rings. The van der Waals surface area contributed by atoms with Crippen molar-refractivity contribution in [1.82, 2.24) is 10.3 Å². The van der Waals surface area contributed by atoms with Crippen molar-refractivity contribution in [3.05, 3.63) is 65.7 Å². The number of ether oxygens (including phenoxy) is 2. The number of methoxy groups -OCH3 is 1. The molecule has 0 unspecified atom stereocenters. The van der Waals surface area contributed by atoms with E-state index < -0.39 is 24.5 Å². The van der Waals surface area contributed by atoms with Crippen LogP contribution < -0.4 is 15.4 Å². The van der Waals surface area contributed by atoms with Gasteiger partial charge >= 0.3 is 12.0 Å². The van der Waals surface area contributed by atoms with E-state index in [9.17, 15) is 14.4 Å². The van der Waals surface area contributed by atoms with Gasteiger partial charge in [-0.1, -0.05) is 30.3 Å². The fourth-order valence-corrected chi connectivity index (χ4v) is 3.08. The number of carbonyl (C=O) groups is 3. The van der Waals surface area contributed by atoms with Crippen molar-refractivity contribution in [2.24, 2.45) is 0 Å². The van der Waals surface area contributed by atoms with Crippen LogP contribution in [0.25, 0.3) is 10.6 Å². The summed E-state index contributed by atoms with van der Waals surface area (Å²) in [5, 5.41) is 6.79. The SMILES string of the molecule is COc1ccc(NC(=O)NC(=O)COC(=O)c2csc(-c3ccccc3)n2)cc1. The zero-order chi connectivity index (χ0) is 20.6. The topological polar surface area (TPSA) is 107 Å². The molecule has 1 heterocycles. The predicted molar refractivity (Wildman–Crippen MR) is 108 cm³/mol. The highest BCUT2D eigenvalue weighted by atomic mass is 32.1. The first kappa shape index (κ1) is 20.0. The van der Waals surface area contributed by atoms with Crippen molar-refractivity contribution in [3.8, 4) is 16.3 Å². The van der Waals surface area contributed by atoms with Crippen molar-refractivity contribution in [3.63, 3.8) is 0 Å². The zero-order valence-corrected chi connectivity index (χ0v) is 16.2. The zero-order valence-electron chi connectivity index (χ0n) is 15.4. The number of nitrogens with zero attached hydrogens (tertiary/aromatic N) is 1. The van der Waals surface area contributed by atoms with Gasteiger partial charge in [0, 0.05) is 16.6 Å². The lowest BCUT2D eigenvalue weighted by Gasteiger charge is -2.07. The highest BCUT2D eigenvalue weighted by Crippen LogP contribution is 2.23. The molecule has 0 aliphatic heterocycles. The normalized spacial score (nSPS) is 10.1. The Morgan fingerprint density at radius 2 is 1.76 bits per heavy atom. The molecule has 2 aromatic carbocycles. The van der Waals surface area contributed by atoms with E-state index in [-0.39, 0.29) is 5.69 Å². The number of benzene rings is 2. The highest BCUT2D eigenvalue weighted by molar-refractivity contribution is 7.13. The number of urea groups is 1. The molecule has 0 aliphatic rings. The molecular formula is C20H17N3O5S. The molecule has 0 atom stereocenters. The van der Waals surface area contributed by atoms with E-state index in [0.717, 1.165) is 5.56 Å². The minimum absolute atomic E-state index is 0.101. The molecule has 0 spiro atoms. The maximum absolute atomic E-state index is 12.1. The first-order valence-corrected chi connectivity index (χ1v) is 9.36. The average Bonchev–Trinajstić information content (AvgIpc) is 3.23. The average molecular weight is 411 g/mol. The third kappa shape index (κ3) is 5.63. The van der Waals surface area contributed by atoms with Crippen LogP contribution in [0.1, 0.15) is 10.5 Å². The number of aromatic nitrogens is 1. The maximum Gasteiger partial charge on any atom is 0.358 e. The predicted octanol–water partition coefficient (Wildman–Crippen LogP) is 3.32. The second kappa shape index (κ2) is 9.47. The molecular weight excluding hydrogens is 394 g/mol. The maximum atomic E-state index is 12.1. The standard InChI is InChI=1S/C20H17N3O5S/c1-27-15-9-7-14(8-10-15)21-20(26)23-17(24)11-28-19(25)16-12-29-18(22-16)13-5-3-2-4-6-13/h2-10,12H,11H2,1H3,(H2,21,23,24,26). The van der Waals surface area contributed by atoms with Crippen LogP contribution in [0.4, 0.5) is 10.5 Å². The van der Waals surface area contributed by atoms with Gasteiger partial charge in [0.1, 0.15) is 10.8 Å². The van der Waals surface area contributed by atoms with Gasteiger partial charge in [0.15, 0.2) is 12.3 Å². The number of esters is 1. The van der Waals surface area contributed by atoms with E-state index in [2.05, 4.69) is 15.6 Å². The van der Waals surface area contributed by atoms with Crippen molar-refractivity contribution in [2.75, 3.05) is 19.0 Å². The number of nitrogens with one attached hydrogen (secondary N) is 2. The smallest absolute Gasteiger partial charge is 0.358 e. The molecule has 3 rings (SSSR count). The quantitative estimate of drug-likeness (QED) is 0.603. The van der Waals surface area contributed by atoms with Crippen LogP contribution in [0.2, 0.25) is 0 Å². The van der Waals surface area contributed by atoms with E-state index in [1.807, 2.05) is 30.3 Å². The Kier molecular flexibility index (Phi) is 6.54. The number of imide groups is 1. The minimum atomic E-state index is -0.761. The number of carbonyl (C=O) groups excluding carboxylic acids is 3. The van der Waals surface area contributed by atoms with E-state index in [1.54, 1.807) is 29.6 Å². The van der Waals surface area contributed by atoms with E-state index in [4.69, 9.17) is 9.47 Å². The van der Waals surface area contributed by atoms with Gasteiger partial charge in [0.05, 0.1) is 7.11 Å². The van der Waals surface area contributed by atoms with Gasteiger partial charge in [-0.3, -0.25) is 10.1 Å². The van der Waals surface area contributed by atoms with Gasteiger partial charge in [-0.2, -0.15) is 0 Å². The molecule has 8 nitrogen and oxygen atoms in total. The summed E-state index contributed by atoms with van der Waals surface area (Å²) in [7, 11) is 1.53. The summed E-state index contributed by atoms with van der Waals surface area (Å²) in [4.78, 5) is 39.9. The number of thiazole rings is 1. The van der Waals surface area contributed by atoms with Crippen LogP contribution >= 0.6 is 11.3 Å². The molecule has 0 saturated carbocycles. The van der Waals surface area contributed by atoms with Crippen LogP contribution in [0, 0.1) is 0 Å². The fourth-order valence-electron chi connectivity index (χ4n) is 2.29. The Hall–Kier alpha value is -3.72. The molecule has 29 heavy (non-hydrogen) atoms. The molecule has 9 heteroatoms. The highest BCUT2D eigenvalue weighted by Gasteiger charge is 2.16. The Bertz CT molecular complexity index is 1000. The summed E-state index contributed by atoms with van der Waals surface area (Å²) in [6, 6.07) is 15.2. The van der Waals surface area contributed by atoms with Crippen LogP contribution in [-0.2, 0) is 9.53 Å². The van der Waals surface area contributed by atoms with E-state index in [1.165, 1.54) is 18.4 Å². The van der Waals surface area contributed by atoms with Crippen LogP contribution in [0.5, 0.6) is 5.75 Å². The monoisotopic (exact) mass is 411 g/mol. The Morgan fingerprint density at radius 1 is 1.03 bits per heavy atom. The molecule has 148 valence electrons. The summed E-state index contributed by atoms with van der Waals surface area (Å²) in [5.41, 5.74) is 1.46. The summed E-state index contributed by atoms with van der Waals surface area (Å²) >= 11 is 1.29. The Balaban J connectivity index is 1.46. The Labute approximate surface area is 170 Å². The molecule has 3 aromatic rings. The third-order valence-corrected chi connectivity index (χ3v) is 4.56. The number of anilines is 1. The second-order valence-electron chi connectivity index (χ2n) is 5.71. The molecule has 2 N–H and O–H groups in total. The van der Waals surface area contributed by atoms with Gasteiger partial charge in [-0.15, -0.1) is 11.3 Å². The van der Waals surface area contributed by atoms with Crippen molar-refractivity contribution in [1.29, 1.82) is 0 Å². The fraction of sp³-hybridized carbons (Fsp3) is 0.100. The lowest BCUT2D eigenvalue weighted by Crippen LogP contribution is -2.37. The summed E-state index contributed by atoms with van der Waals surface area (Å²) in [5.74, 6) is -0.867. The summed E-state index contributed by atoms with van der Waals surface area (Å²) in [6.07, 6.45) is 0. The van der Waals surface area contributed by atoms with Gasteiger partial charge in [0.2, 0.25) is 0 Å². The molecule has 0 radical (unpaired) electrons. The lowest BCUT2D eigenvalue weighted by molar-refractivity contribution is -0.123. The molecule has 0 saturated heterocycles. The number of hydrogen-bond acceptors (Lipinski definition) is 7. The third-order valence-electron chi connectivity index (χ3n) is 3.67. The van der Waals surface area contributed by atoms with Gasteiger partial charge in [0.25, 0.3) is 5.91 Å². The Morgan fingerprint density at radius 3 is 2.45 bits per heavy atom. The molecule has 0 aliphatic carbocycles. The molecule has 0 bridgehead atoms. The first-order chi connectivity index (χ1) is 14.0. The van der Waals surface area contributed by atoms with Crippen LogP contribution in [0.15, 0.2) is 60.0 Å². The van der Waals surface area contributed by atoms with E-state index >= 15 is 0 Å².